The van der Waals surface area contributed by atoms with Crippen LogP contribution in [0.15, 0.2) is 48.5 Å². The number of ether oxygens (including phenoxy) is 1. The standard InChI is InChI=1S/C27H39NO2/c1-8-22(7)27(29)30-26-15-14-21(6)18-25(26)24(23-12-10-9-11-13-23)16-17-28(19(2)3)20(4)5/h9-15,18-20,22,24H,8,16-17H2,1-7H3/t22?,24-/m1/s1. The fourth-order valence-corrected chi connectivity index (χ4v) is 3.99. The average Bonchev–Trinajstić information content (AvgIpc) is 2.72. The van der Waals surface area contributed by atoms with E-state index in [1.54, 1.807) is 0 Å². The van der Waals surface area contributed by atoms with E-state index in [1.807, 2.05) is 26.0 Å². The molecule has 3 heteroatoms. The summed E-state index contributed by atoms with van der Waals surface area (Å²) in [5, 5.41) is 0. The van der Waals surface area contributed by atoms with Crippen LogP contribution in [-0.4, -0.2) is 29.5 Å². The van der Waals surface area contributed by atoms with Crippen LogP contribution in [0.5, 0.6) is 5.75 Å². The summed E-state index contributed by atoms with van der Waals surface area (Å²) in [5.74, 6) is 0.610. The van der Waals surface area contributed by atoms with Crippen LogP contribution in [0.25, 0.3) is 0 Å². The predicted octanol–water partition coefficient (Wildman–Crippen LogP) is 6.59. The molecule has 0 saturated carbocycles. The Bertz CT molecular complexity index is 790. The average molecular weight is 410 g/mol. The maximum Gasteiger partial charge on any atom is 0.314 e. The molecule has 1 unspecified atom stereocenters. The van der Waals surface area contributed by atoms with Crippen molar-refractivity contribution in [2.75, 3.05) is 6.54 Å². The van der Waals surface area contributed by atoms with Gasteiger partial charge in [0.05, 0.1) is 5.92 Å². The maximum atomic E-state index is 12.6. The highest BCUT2D eigenvalue weighted by Gasteiger charge is 2.24. The fraction of sp³-hybridized carbons (Fsp3) is 0.519. The van der Waals surface area contributed by atoms with E-state index in [9.17, 15) is 4.79 Å². The first-order valence-electron chi connectivity index (χ1n) is 11.4. The molecule has 3 nitrogen and oxygen atoms in total. The Morgan fingerprint density at radius 2 is 1.60 bits per heavy atom. The maximum absolute atomic E-state index is 12.6. The monoisotopic (exact) mass is 409 g/mol. The molecule has 2 aromatic rings. The van der Waals surface area contributed by atoms with Gasteiger partial charge in [-0.3, -0.25) is 9.69 Å². The molecule has 0 bridgehead atoms. The Hall–Kier alpha value is -2.13. The van der Waals surface area contributed by atoms with Crippen molar-refractivity contribution < 1.29 is 9.53 Å². The highest BCUT2D eigenvalue weighted by molar-refractivity contribution is 5.75. The molecule has 0 aliphatic heterocycles. The van der Waals surface area contributed by atoms with E-state index in [4.69, 9.17) is 4.74 Å². The molecule has 0 fully saturated rings. The van der Waals surface area contributed by atoms with Crippen LogP contribution < -0.4 is 4.74 Å². The molecule has 0 aromatic heterocycles. The van der Waals surface area contributed by atoms with Crippen LogP contribution in [0.4, 0.5) is 0 Å². The minimum atomic E-state index is -0.152. The second-order valence-electron chi connectivity index (χ2n) is 8.95. The summed E-state index contributed by atoms with van der Waals surface area (Å²) in [7, 11) is 0. The Morgan fingerprint density at radius 3 is 2.17 bits per heavy atom. The van der Waals surface area contributed by atoms with E-state index >= 15 is 0 Å². The molecule has 164 valence electrons. The Morgan fingerprint density at radius 1 is 0.967 bits per heavy atom. The van der Waals surface area contributed by atoms with Gasteiger partial charge in [0.15, 0.2) is 0 Å². The first-order chi connectivity index (χ1) is 14.2. The summed E-state index contributed by atoms with van der Waals surface area (Å²) in [5.41, 5.74) is 3.54. The molecule has 2 rings (SSSR count). The van der Waals surface area contributed by atoms with Crippen LogP contribution in [0.2, 0.25) is 0 Å². The summed E-state index contributed by atoms with van der Waals surface area (Å²) in [6.07, 6.45) is 1.75. The van der Waals surface area contributed by atoms with E-state index in [1.165, 1.54) is 11.1 Å². The van der Waals surface area contributed by atoms with Gasteiger partial charge in [0.1, 0.15) is 5.75 Å². The van der Waals surface area contributed by atoms with Crippen LogP contribution in [0, 0.1) is 12.8 Å². The highest BCUT2D eigenvalue weighted by Crippen LogP contribution is 2.36. The van der Waals surface area contributed by atoms with Gasteiger partial charge < -0.3 is 4.74 Å². The molecule has 2 aromatic carbocycles. The largest absolute Gasteiger partial charge is 0.426 e. The molecule has 30 heavy (non-hydrogen) atoms. The van der Waals surface area contributed by atoms with Crippen LogP contribution >= 0.6 is 0 Å². The van der Waals surface area contributed by atoms with Gasteiger partial charge in [-0.25, -0.2) is 0 Å². The molecule has 0 aliphatic rings. The number of carbonyl (C=O) groups excluding carboxylic acids is 1. The third-order valence-electron chi connectivity index (χ3n) is 5.97. The lowest BCUT2D eigenvalue weighted by Gasteiger charge is -2.32. The molecular formula is C27H39NO2. The van der Waals surface area contributed by atoms with E-state index < -0.39 is 0 Å². The molecule has 0 aliphatic carbocycles. The van der Waals surface area contributed by atoms with Gasteiger partial charge >= 0.3 is 5.97 Å². The summed E-state index contributed by atoms with van der Waals surface area (Å²) in [6.45, 7) is 16.0. The SMILES string of the molecule is CCC(C)C(=O)Oc1ccc(C)cc1[C@H](CCN(C(C)C)C(C)C)c1ccccc1. The van der Waals surface area contributed by atoms with Crippen molar-refractivity contribution in [1.82, 2.24) is 4.90 Å². The van der Waals surface area contributed by atoms with Gasteiger partial charge in [0, 0.05) is 23.6 Å². The molecule has 0 amide bonds. The second kappa shape index (κ2) is 11.3. The quantitative estimate of drug-likeness (QED) is 0.327. The number of nitrogens with zero attached hydrogens (tertiary/aromatic N) is 1. The van der Waals surface area contributed by atoms with E-state index in [0.29, 0.717) is 17.8 Å². The Kier molecular flexibility index (Phi) is 9.10. The highest BCUT2D eigenvalue weighted by atomic mass is 16.5. The van der Waals surface area contributed by atoms with Crippen molar-refractivity contribution in [2.45, 2.75) is 79.3 Å². The van der Waals surface area contributed by atoms with Crippen molar-refractivity contribution in [3.8, 4) is 5.75 Å². The minimum absolute atomic E-state index is 0.105. The third kappa shape index (κ3) is 6.43. The van der Waals surface area contributed by atoms with Gasteiger partial charge in [-0.05, 0) is 65.6 Å². The predicted molar refractivity (Wildman–Crippen MR) is 126 cm³/mol. The lowest BCUT2D eigenvalue weighted by atomic mass is 9.86. The molecule has 0 heterocycles. The van der Waals surface area contributed by atoms with Crippen molar-refractivity contribution in [2.24, 2.45) is 5.92 Å². The van der Waals surface area contributed by atoms with E-state index in [2.05, 4.69) is 75.9 Å². The second-order valence-corrected chi connectivity index (χ2v) is 8.95. The number of benzene rings is 2. The molecule has 2 atom stereocenters. The first kappa shape index (κ1) is 24.1. The zero-order valence-corrected chi connectivity index (χ0v) is 19.8. The molecule has 0 saturated heterocycles. The molecule has 0 N–H and O–H groups in total. The molecule has 0 spiro atoms. The number of rotatable bonds is 10. The fourth-order valence-electron chi connectivity index (χ4n) is 3.99. The zero-order valence-electron chi connectivity index (χ0n) is 19.8. The van der Waals surface area contributed by atoms with Gasteiger partial charge in [0.2, 0.25) is 0 Å². The summed E-state index contributed by atoms with van der Waals surface area (Å²) in [4.78, 5) is 15.1. The summed E-state index contributed by atoms with van der Waals surface area (Å²) < 4.78 is 5.90. The lowest BCUT2D eigenvalue weighted by Crippen LogP contribution is -2.38. The Labute approximate surface area is 183 Å². The molecular weight excluding hydrogens is 370 g/mol. The minimum Gasteiger partial charge on any atom is -0.426 e. The van der Waals surface area contributed by atoms with Crippen LogP contribution in [0.1, 0.15) is 77.0 Å². The van der Waals surface area contributed by atoms with E-state index in [-0.39, 0.29) is 17.8 Å². The lowest BCUT2D eigenvalue weighted by molar-refractivity contribution is -0.138. The number of hydrogen-bond acceptors (Lipinski definition) is 3. The van der Waals surface area contributed by atoms with Gasteiger partial charge in [-0.15, -0.1) is 0 Å². The number of carbonyl (C=O) groups is 1. The summed E-state index contributed by atoms with van der Waals surface area (Å²) in [6, 6.07) is 17.7. The smallest absolute Gasteiger partial charge is 0.314 e. The number of esters is 1. The van der Waals surface area contributed by atoms with E-state index in [0.717, 1.165) is 24.9 Å². The van der Waals surface area contributed by atoms with Crippen molar-refractivity contribution >= 4 is 5.97 Å². The van der Waals surface area contributed by atoms with Crippen LogP contribution in [0.3, 0.4) is 0 Å². The van der Waals surface area contributed by atoms with Crippen molar-refractivity contribution in [3.63, 3.8) is 0 Å². The van der Waals surface area contributed by atoms with Crippen molar-refractivity contribution in [3.05, 3.63) is 65.2 Å². The summed E-state index contributed by atoms with van der Waals surface area (Å²) >= 11 is 0. The zero-order chi connectivity index (χ0) is 22.3. The number of hydrogen-bond donors (Lipinski definition) is 0. The normalized spacial score (nSPS) is 13.7. The first-order valence-corrected chi connectivity index (χ1v) is 11.4. The number of aryl methyl sites for hydroxylation is 1. The van der Waals surface area contributed by atoms with Crippen molar-refractivity contribution in [1.29, 1.82) is 0 Å². The molecule has 0 radical (unpaired) electrons. The van der Waals surface area contributed by atoms with Gasteiger partial charge in [0.25, 0.3) is 0 Å². The van der Waals surface area contributed by atoms with Gasteiger partial charge in [-0.2, -0.15) is 0 Å². The van der Waals surface area contributed by atoms with Crippen LogP contribution in [-0.2, 0) is 4.79 Å². The third-order valence-corrected chi connectivity index (χ3v) is 5.97. The van der Waals surface area contributed by atoms with Gasteiger partial charge in [-0.1, -0.05) is 61.9 Å². The topological polar surface area (TPSA) is 29.5 Å². The Balaban J connectivity index is 2.43.